The Labute approximate surface area is 176 Å². The van der Waals surface area contributed by atoms with Gasteiger partial charge in [0.15, 0.2) is 0 Å². The van der Waals surface area contributed by atoms with Crippen molar-refractivity contribution in [2.45, 2.75) is 25.7 Å². The normalized spacial score (nSPS) is 14.4. The van der Waals surface area contributed by atoms with Gasteiger partial charge in [0.05, 0.1) is 16.6 Å². The van der Waals surface area contributed by atoms with Crippen LogP contribution < -0.4 is 10.5 Å². The van der Waals surface area contributed by atoms with Crippen molar-refractivity contribution in [3.63, 3.8) is 0 Å². The Morgan fingerprint density at radius 1 is 1.06 bits per heavy atom. The van der Waals surface area contributed by atoms with E-state index in [4.69, 9.17) is 0 Å². The van der Waals surface area contributed by atoms with Gasteiger partial charge in [0.25, 0.3) is 12.0 Å². The fourth-order valence-corrected chi connectivity index (χ4v) is 3.69. The molecule has 8 nitrogen and oxygen atoms in total. The van der Waals surface area contributed by atoms with Crippen molar-refractivity contribution in [2.24, 2.45) is 0 Å². The van der Waals surface area contributed by atoms with Crippen LogP contribution in [0.1, 0.15) is 30.5 Å². The number of nitrogens with one attached hydrogen (secondary N) is 1. The predicted octanol–water partition coefficient (Wildman–Crippen LogP) is 2.32. The molecule has 0 atom stereocenters. The van der Waals surface area contributed by atoms with Crippen molar-refractivity contribution in [1.29, 1.82) is 0 Å². The van der Waals surface area contributed by atoms with Crippen LogP contribution >= 0.6 is 0 Å². The predicted molar refractivity (Wildman–Crippen MR) is 111 cm³/mol. The third kappa shape index (κ3) is 4.68. The molecule has 0 radical (unpaired) electrons. The summed E-state index contributed by atoms with van der Waals surface area (Å²) in [5.74, 6) is 0.454. The molecular weight excluding hydrogens is 406 g/mol. The summed E-state index contributed by atoms with van der Waals surface area (Å²) in [4.78, 5) is 36.1. The van der Waals surface area contributed by atoms with E-state index in [-0.39, 0.29) is 17.0 Å². The van der Waals surface area contributed by atoms with Crippen LogP contribution in [0.3, 0.4) is 0 Å². The number of alkyl halides is 2. The molecule has 1 fully saturated rings. The Hall–Kier alpha value is -3.43. The number of anilines is 1. The molecule has 1 amide bonds. The Morgan fingerprint density at radius 3 is 2.42 bits per heavy atom. The smallest absolute Gasteiger partial charge is 0.272 e. The second kappa shape index (κ2) is 9.15. The number of nitrogens with zero attached hydrogens (tertiary/aromatic N) is 5. The summed E-state index contributed by atoms with van der Waals surface area (Å²) in [7, 11) is 0. The summed E-state index contributed by atoms with van der Waals surface area (Å²) in [6.07, 6.45) is 1.29. The number of carbonyl (C=O) groups excluding carboxylic acids is 1. The Morgan fingerprint density at radius 2 is 1.74 bits per heavy atom. The number of fused-ring (bicyclic) bond motifs is 1. The van der Waals surface area contributed by atoms with Gasteiger partial charge in [-0.1, -0.05) is 18.2 Å². The summed E-state index contributed by atoms with van der Waals surface area (Å²) in [5.41, 5.74) is 0.348. The molecule has 3 aromatic rings. The van der Waals surface area contributed by atoms with Gasteiger partial charge in [-0.15, -0.1) is 0 Å². The second-order valence-corrected chi connectivity index (χ2v) is 7.38. The number of halogens is 2. The number of H-pyrrole nitrogens is 1. The third-order valence-corrected chi connectivity index (χ3v) is 5.40. The highest BCUT2D eigenvalue weighted by molar-refractivity contribution is 5.83. The van der Waals surface area contributed by atoms with Crippen LogP contribution in [0.5, 0.6) is 0 Å². The number of amides is 1. The van der Waals surface area contributed by atoms with Crippen molar-refractivity contribution in [1.82, 2.24) is 25.1 Å². The zero-order valence-electron chi connectivity index (χ0n) is 16.8. The van der Waals surface area contributed by atoms with Crippen LogP contribution in [-0.2, 0) is 11.2 Å². The van der Waals surface area contributed by atoms with E-state index in [1.165, 1.54) is 0 Å². The van der Waals surface area contributed by atoms with Crippen LogP contribution in [0.2, 0.25) is 0 Å². The van der Waals surface area contributed by atoms with Crippen LogP contribution in [0.25, 0.3) is 10.8 Å². The van der Waals surface area contributed by atoms with Gasteiger partial charge in [0.2, 0.25) is 11.9 Å². The van der Waals surface area contributed by atoms with Crippen molar-refractivity contribution in [3.8, 4) is 0 Å². The topological polar surface area (TPSA) is 95.1 Å². The van der Waals surface area contributed by atoms with E-state index in [2.05, 4.69) is 20.2 Å². The number of benzene rings is 1. The number of rotatable bonds is 6. The molecule has 1 N–H and O–H groups in total. The molecule has 2 aromatic heterocycles. The summed E-state index contributed by atoms with van der Waals surface area (Å²) < 4.78 is 25.3. The first-order chi connectivity index (χ1) is 15.0. The molecule has 1 aromatic carbocycles. The molecule has 4 rings (SSSR count). The molecule has 0 saturated carbocycles. The number of piperazine rings is 1. The molecule has 31 heavy (non-hydrogen) atoms. The molecule has 0 unspecified atom stereocenters. The van der Waals surface area contributed by atoms with Gasteiger partial charge in [-0.25, -0.2) is 23.8 Å². The lowest BCUT2D eigenvalue weighted by molar-refractivity contribution is -0.131. The van der Waals surface area contributed by atoms with Gasteiger partial charge in [0, 0.05) is 50.4 Å². The maximum absolute atomic E-state index is 12.6. The van der Waals surface area contributed by atoms with Gasteiger partial charge in [0.1, 0.15) is 0 Å². The second-order valence-electron chi connectivity index (χ2n) is 7.38. The number of aromatic nitrogens is 4. The van der Waals surface area contributed by atoms with E-state index in [1.54, 1.807) is 11.0 Å². The molecule has 0 bridgehead atoms. The van der Waals surface area contributed by atoms with Gasteiger partial charge in [-0.05, 0) is 18.9 Å². The average Bonchev–Trinajstić information content (AvgIpc) is 2.81. The molecular formula is C21H22F2N6O2. The van der Waals surface area contributed by atoms with Crippen LogP contribution in [0.4, 0.5) is 14.7 Å². The largest absolute Gasteiger partial charge is 0.339 e. The monoisotopic (exact) mass is 428 g/mol. The first-order valence-electron chi connectivity index (χ1n) is 10.1. The Balaban J connectivity index is 1.28. The zero-order valence-corrected chi connectivity index (χ0v) is 16.8. The molecule has 1 aliphatic heterocycles. The number of hydrogen-bond donors (Lipinski definition) is 1. The number of aromatic amines is 1. The highest BCUT2D eigenvalue weighted by Gasteiger charge is 2.22. The molecule has 1 aliphatic rings. The van der Waals surface area contributed by atoms with E-state index in [9.17, 15) is 18.4 Å². The summed E-state index contributed by atoms with van der Waals surface area (Å²) in [5, 5.41) is 8.07. The Kier molecular flexibility index (Phi) is 6.15. The minimum atomic E-state index is -2.59. The quantitative estimate of drug-likeness (QED) is 0.648. The molecule has 162 valence electrons. The lowest BCUT2D eigenvalue weighted by Crippen LogP contribution is -2.49. The molecule has 10 heteroatoms. The van der Waals surface area contributed by atoms with Gasteiger partial charge < -0.3 is 9.80 Å². The van der Waals surface area contributed by atoms with E-state index >= 15 is 0 Å². The van der Waals surface area contributed by atoms with Gasteiger partial charge >= 0.3 is 0 Å². The molecule has 3 heterocycles. The number of hydrogen-bond acceptors (Lipinski definition) is 6. The van der Waals surface area contributed by atoms with Gasteiger partial charge in [-0.3, -0.25) is 9.59 Å². The maximum Gasteiger partial charge on any atom is 0.272 e. The van der Waals surface area contributed by atoms with Crippen molar-refractivity contribution < 1.29 is 13.6 Å². The van der Waals surface area contributed by atoms with E-state index in [0.29, 0.717) is 56.8 Å². The first-order valence-corrected chi connectivity index (χ1v) is 10.1. The summed E-state index contributed by atoms with van der Waals surface area (Å²) in [6.45, 7) is 2.15. The maximum atomic E-state index is 12.6. The van der Waals surface area contributed by atoms with Crippen LogP contribution in [-0.4, -0.2) is 57.2 Å². The van der Waals surface area contributed by atoms with E-state index in [0.717, 1.165) is 23.5 Å². The Bertz CT molecular complexity index is 1110. The fourth-order valence-electron chi connectivity index (χ4n) is 3.69. The van der Waals surface area contributed by atoms with Crippen LogP contribution in [0.15, 0.2) is 41.5 Å². The van der Waals surface area contributed by atoms with Crippen molar-refractivity contribution in [2.75, 3.05) is 31.1 Å². The lowest BCUT2D eigenvalue weighted by atomic mass is 10.1. The van der Waals surface area contributed by atoms with E-state index in [1.807, 2.05) is 23.1 Å². The van der Waals surface area contributed by atoms with Crippen molar-refractivity contribution in [3.05, 3.63) is 58.3 Å². The SMILES string of the molecule is O=C(CCCc1n[nH]c(=O)c2ccccc12)N1CCN(c2ncc(C(F)F)cn2)CC1. The standard InChI is InChI=1S/C21H22F2N6O2/c22-19(23)14-12-24-21(25-13-14)29-10-8-28(9-11-29)18(30)7-3-6-17-15-4-1-2-5-16(15)20(31)27-26-17/h1-2,4-5,12-13,19H,3,6-11H2,(H,27,31). The summed E-state index contributed by atoms with van der Waals surface area (Å²) in [6, 6.07) is 7.30. The average molecular weight is 428 g/mol. The number of carbonyl (C=O) groups is 1. The molecule has 0 spiro atoms. The lowest BCUT2D eigenvalue weighted by Gasteiger charge is -2.34. The van der Waals surface area contributed by atoms with Crippen LogP contribution in [0, 0.1) is 0 Å². The number of aryl methyl sites for hydroxylation is 1. The highest BCUT2D eigenvalue weighted by Crippen LogP contribution is 2.19. The molecule has 0 aliphatic carbocycles. The highest BCUT2D eigenvalue weighted by atomic mass is 19.3. The first kappa shape index (κ1) is 20.8. The minimum absolute atomic E-state index is 0.0577. The zero-order chi connectivity index (χ0) is 21.8. The van der Waals surface area contributed by atoms with Gasteiger partial charge in [-0.2, -0.15) is 5.10 Å². The van der Waals surface area contributed by atoms with Crippen molar-refractivity contribution >= 4 is 22.6 Å². The summed E-state index contributed by atoms with van der Waals surface area (Å²) >= 11 is 0. The fraction of sp³-hybridized carbons (Fsp3) is 0.381. The van der Waals surface area contributed by atoms with E-state index < -0.39 is 6.43 Å². The molecule has 1 saturated heterocycles. The third-order valence-electron chi connectivity index (χ3n) is 5.40. The minimum Gasteiger partial charge on any atom is -0.339 e.